The van der Waals surface area contributed by atoms with Crippen LogP contribution in [0.25, 0.3) is 0 Å². The molecule has 1 aromatic carbocycles. The Morgan fingerprint density at radius 3 is 2.31 bits per heavy atom. The van der Waals surface area contributed by atoms with Gasteiger partial charge in [-0.3, -0.25) is 4.79 Å². The predicted molar refractivity (Wildman–Crippen MR) is 70.1 cm³/mol. The summed E-state index contributed by atoms with van der Waals surface area (Å²) in [7, 11) is 0. The molecule has 0 aliphatic rings. The highest BCUT2D eigenvalue weighted by molar-refractivity contribution is 9.10. The lowest BCUT2D eigenvalue weighted by atomic mass is 10.0. The quantitative estimate of drug-likeness (QED) is 0.881. The molecule has 0 saturated heterocycles. The second-order valence-corrected chi connectivity index (χ2v) is 4.77. The molecule has 0 aliphatic carbocycles. The summed E-state index contributed by atoms with van der Waals surface area (Å²) in [5.41, 5.74) is 1.13. The normalized spacial score (nSPS) is 10.5. The molecule has 0 aliphatic heterocycles. The van der Waals surface area contributed by atoms with Crippen molar-refractivity contribution in [1.82, 2.24) is 5.32 Å². The first-order valence-corrected chi connectivity index (χ1v) is 6.48. The number of hydrogen-bond acceptors (Lipinski definition) is 1. The van der Waals surface area contributed by atoms with Gasteiger partial charge in [-0.2, -0.15) is 0 Å². The van der Waals surface area contributed by atoms with E-state index in [1.807, 2.05) is 38.1 Å². The molecule has 1 amide bonds. The molecule has 0 radical (unpaired) electrons. The zero-order chi connectivity index (χ0) is 12.0. The van der Waals surface area contributed by atoms with Crippen molar-refractivity contribution >= 4 is 21.8 Å². The third-order valence-electron chi connectivity index (χ3n) is 2.74. The van der Waals surface area contributed by atoms with Crippen molar-refractivity contribution in [3.05, 3.63) is 34.3 Å². The molecule has 1 aromatic rings. The summed E-state index contributed by atoms with van der Waals surface area (Å²) in [6.45, 7) is 4.71. The van der Waals surface area contributed by atoms with Crippen molar-refractivity contribution in [2.45, 2.75) is 33.2 Å². The van der Waals surface area contributed by atoms with Crippen LogP contribution >= 0.6 is 15.9 Å². The predicted octanol–water partition coefficient (Wildman–Crippen LogP) is 3.50. The molecule has 0 saturated carbocycles. The van der Waals surface area contributed by atoms with E-state index in [1.165, 1.54) is 0 Å². The van der Waals surface area contributed by atoms with Gasteiger partial charge >= 0.3 is 0 Å². The van der Waals surface area contributed by atoms with Crippen molar-refractivity contribution in [2.24, 2.45) is 5.92 Å². The Kier molecular flexibility index (Phi) is 5.53. The van der Waals surface area contributed by atoms with Crippen LogP contribution in [-0.2, 0) is 11.3 Å². The Bertz CT molecular complexity index is 330. The van der Waals surface area contributed by atoms with Gasteiger partial charge in [0.1, 0.15) is 0 Å². The van der Waals surface area contributed by atoms with Gasteiger partial charge in [-0.15, -0.1) is 0 Å². The largest absolute Gasteiger partial charge is 0.352 e. The van der Waals surface area contributed by atoms with Crippen LogP contribution in [0.1, 0.15) is 32.3 Å². The SMILES string of the molecule is CCC(CC)C(=O)NCc1ccc(Br)cc1. The van der Waals surface area contributed by atoms with E-state index < -0.39 is 0 Å². The van der Waals surface area contributed by atoms with Crippen molar-refractivity contribution in [1.29, 1.82) is 0 Å². The zero-order valence-electron chi connectivity index (χ0n) is 9.79. The first-order valence-electron chi connectivity index (χ1n) is 5.69. The first kappa shape index (κ1) is 13.2. The topological polar surface area (TPSA) is 29.1 Å². The molecule has 0 fully saturated rings. The third kappa shape index (κ3) is 3.97. The highest BCUT2D eigenvalue weighted by atomic mass is 79.9. The van der Waals surface area contributed by atoms with E-state index in [2.05, 4.69) is 21.2 Å². The smallest absolute Gasteiger partial charge is 0.223 e. The molecule has 1 N–H and O–H groups in total. The molecule has 2 nitrogen and oxygen atoms in total. The fraction of sp³-hybridized carbons (Fsp3) is 0.462. The lowest BCUT2D eigenvalue weighted by molar-refractivity contribution is -0.125. The number of amides is 1. The number of carbonyl (C=O) groups excluding carboxylic acids is 1. The minimum Gasteiger partial charge on any atom is -0.352 e. The number of halogens is 1. The van der Waals surface area contributed by atoms with Gasteiger partial charge in [0.15, 0.2) is 0 Å². The minimum absolute atomic E-state index is 0.149. The Morgan fingerprint density at radius 1 is 1.25 bits per heavy atom. The van der Waals surface area contributed by atoms with Gasteiger partial charge in [0.25, 0.3) is 0 Å². The van der Waals surface area contributed by atoms with Gasteiger partial charge in [-0.05, 0) is 30.5 Å². The number of hydrogen-bond donors (Lipinski definition) is 1. The van der Waals surface area contributed by atoms with Crippen molar-refractivity contribution < 1.29 is 4.79 Å². The van der Waals surface area contributed by atoms with E-state index in [0.717, 1.165) is 22.9 Å². The molecule has 16 heavy (non-hydrogen) atoms. The van der Waals surface area contributed by atoms with E-state index >= 15 is 0 Å². The number of carbonyl (C=O) groups is 1. The van der Waals surface area contributed by atoms with Crippen LogP contribution in [0.15, 0.2) is 28.7 Å². The zero-order valence-corrected chi connectivity index (χ0v) is 11.4. The molecule has 0 bridgehead atoms. The van der Waals surface area contributed by atoms with Crippen LogP contribution in [0, 0.1) is 5.92 Å². The Balaban J connectivity index is 2.45. The average molecular weight is 284 g/mol. The fourth-order valence-corrected chi connectivity index (χ4v) is 1.86. The molecule has 3 heteroatoms. The second kappa shape index (κ2) is 6.69. The van der Waals surface area contributed by atoms with E-state index in [9.17, 15) is 4.79 Å². The van der Waals surface area contributed by atoms with Gasteiger partial charge in [0.2, 0.25) is 5.91 Å². The summed E-state index contributed by atoms with van der Waals surface area (Å²) in [4.78, 5) is 11.7. The molecule has 0 spiro atoms. The summed E-state index contributed by atoms with van der Waals surface area (Å²) in [5.74, 6) is 0.309. The van der Waals surface area contributed by atoms with Crippen LogP contribution in [-0.4, -0.2) is 5.91 Å². The molecule has 0 atom stereocenters. The van der Waals surface area contributed by atoms with Gasteiger partial charge < -0.3 is 5.32 Å². The molecule has 1 rings (SSSR count). The molecule has 0 heterocycles. The standard InChI is InChI=1S/C13H18BrNO/c1-3-11(4-2)13(16)15-9-10-5-7-12(14)8-6-10/h5-8,11H,3-4,9H2,1-2H3,(H,15,16). The lowest BCUT2D eigenvalue weighted by Crippen LogP contribution is -2.29. The maximum atomic E-state index is 11.7. The van der Waals surface area contributed by atoms with Gasteiger partial charge in [0, 0.05) is 16.9 Å². The maximum absolute atomic E-state index is 11.7. The molecule has 88 valence electrons. The monoisotopic (exact) mass is 283 g/mol. The first-order chi connectivity index (χ1) is 7.67. The summed E-state index contributed by atoms with van der Waals surface area (Å²) < 4.78 is 1.06. The Hall–Kier alpha value is -0.830. The lowest BCUT2D eigenvalue weighted by Gasteiger charge is -2.12. The second-order valence-electron chi connectivity index (χ2n) is 3.86. The van der Waals surface area contributed by atoms with Gasteiger partial charge in [-0.25, -0.2) is 0 Å². The van der Waals surface area contributed by atoms with Crippen LogP contribution in [0.4, 0.5) is 0 Å². The number of rotatable bonds is 5. The van der Waals surface area contributed by atoms with E-state index in [1.54, 1.807) is 0 Å². The van der Waals surface area contributed by atoms with Crippen LogP contribution in [0.5, 0.6) is 0 Å². The van der Waals surface area contributed by atoms with Crippen molar-refractivity contribution in [2.75, 3.05) is 0 Å². The fourth-order valence-electron chi connectivity index (χ4n) is 1.60. The van der Waals surface area contributed by atoms with Crippen LogP contribution < -0.4 is 5.32 Å². The van der Waals surface area contributed by atoms with Crippen molar-refractivity contribution in [3.63, 3.8) is 0 Å². The van der Waals surface area contributed by atoms with E-state index in [-0.39, 0.29) is 11.8 Å². The highest BCUT2D eigenvalue weighted by Crippen LogP contribution is 2.11. The van der Waals surface area contributed by atoms with Gasteiger partial charge in [-0.1, -0.05) is 41.9 Å². The van der Waals surface area contributed by atoms with Crippen LogP contribution in [0.2, 0.25) is 0 Å². The minimum atomic E-state index is 0.149. The van der Waals surface area contributed by atoms with E-state index in [4.69, 9.17) is 0 Å². The number of benzene rings is 1. The highest BCUT2D eigenvalue weighted by Gasteiger charge is 2.12. The maximum Gasteiger partial charge on any atom is 0.223 e. The summed E-state index contributed by atoms with van der Waals surface area (Å²) in [6, 6.07) is 7.99. The van der Waals surface area contributed by atoms with Gasteiger partial charge in [0.05, 0.1) is 0 Å². The molecule has 0 aromatic heterocycles. The molecular weight excluding hydrogens is 266 g/mol. The van der Waals surface area contributed by atoms with Crippen molar-refractivity contribution in [3.8, 4) is 0 Å². The summed E-state index contributed by atoms with van der Waals surface area (Å²) >= 11 is 3.38. The molecular formula is C13H18BrNO. The molecule has 0 unspecified atom stereocenters. The average Bonchev–Trinajstić information content (AvgIpc) is 2.30. The van der Waals surface area contributed by atoms with Crippen LogP contribution in [0.3, 0.4) is 0 Å². The summed E-state index contributed by atoms with van der Waals surface area (Å²) in [6.07, 6.45) is 1.81. The Morgan fingerprint density at radius 2 is 1.81 bits per heavy atom. The number of nitrogens with one attached hydrogen (secondary N) is 1. The Labute approximate surface area is 106 Å². The summed E-state index contributed by atoms with van der Waals surface area (Å²) in [5, 5.41) is 2.97. The third-order valence-corrected chi connectivity index (χ3v) is 3.27. The van der Waals surface area contributed by atoms with E-state index in [0.29, 0.717) is 6.54 Å².